The third-order valence-corrected chi connectivity index (χ3v) is 2.86. The lowest BCUT2D eigenvalue weighted by molar-refractivity contribution is 0.101. The highest BCUT2D eigenvalue weighted by Crippen LogP contribution is 2.20. The number of aromatic nitrogens is 2. The number of hydrogen-bond donors (Lipinski definition) is 1. The summed E-state index contributed by atoms with van der Waals surface area (Å²) >= 11 is 0. The summed E-state index contributed by atoms with van der Waals surface area (Å²) in [6.07, 6.45) is 0. The number of anilines is 1. The monoisotopic (exact) mass is 301 g/mol. The number of nitrogens with one attached hydrogen (secondary N) is 1. The lowest BCUT2D eigenvalue weighted by atomic mass is 10.2. The van der Waals surface area contributed by atoms with Crippen LogP contribution in [0.3, 0.4) is 0 Å². The first kappa shape index (κ1) is 13.9. The first-order valence-electron chi connectivity index (χ1n) is 6.29. The lowest BCUT2D eigenvalue weighted by Crippen LogP contribution is -2.16. The fourth-order valence-electron chi connectivity index (χ4n) is 1.85. The minimum Gasteiger partial charge on any atom is -0.403 e. The molecule has 5 nitrogen and oxygen atoms in total. The van der Waals surface area contributed by atoms with Gasteiger partial charge in [0, 0.05) is 5.56 Å². The van der Waals surface area contributed by atoms with E-state index in [4.69, 9.17) is 4.42 Å². The Labute approximate surface area is 123 Å². The molecule has 0 bridgehead atoms. The highest BCUT2D eigenvalue weighted by Gasteiger charge is 2.19. The molecule has 0 saturated heterocycles. The van der Waals surface area contributed by atoms with Gasteiger partial charge in [-0.2, -0.15) is 0 Å². The molecule has 1 aromatic heterocycles. The van der Waals surface area contributed by atoms with E-state index in [0.717, 1.165) is 12.1 Å². The molecule has 0 aliphatic rings. The van der Waals surface area contributed by atoms with Gasteiger partial charge in [-0.3, -0.25) is 10.1 Å². The second kappa shape index (κ2) is 5.72. The van der Waals surface area contributed by atoms with Crippen molar-refractivity contribution in [3.8, 4) is 11.5 Å². The molecule has 3 rings (SSSR count). The fourth-order valence-corrected chi connectivity index (χ4v) is 1.85. The van der Waals surface area contributed by atoms with Crippen molar-refractivity contribution in [1.29, 1.82) is 0 Å². The Morgan fingerprint density at radius 3 is 2.32 bits per heavy atom. The number of nitrogens with zero attached hydrogens (tertiary/aromatic N) is 2. The summed E-state index contributed by atoms with van der Waals surface area (Å²) < 4.78 is 32.3. The third kappa shape index (κ3) is 2.69. The molecule has 0 atom stereocenters. The Kier molecular flexibility index (Phi) is 3.61. The molecular weight excluding hydrogens is 292 g/mol. The molecule has 0 aliphatic heterocycles. The van der Waals surface area contributed by atoms with Crippen LogP contribution in [-0.4, -0.2) is 16.1 Å². The van der Waals surface area contributed by atoms with Crippen molar-refractivity contribution in [2.24, 2.45) is 0 Å². The van der Waals surface area contributed by atoms with Crippen LogP contribution >= 0.6 is 0 Å². The molecular formula is C15H9F2N3O2. The molecule has 0 saturated carbocycles. The van der Waals surface area contributed by atoms with E-state index in [0.29, 0.717) is 5.56 Å². The fraction of sp³-hybridized carbons (Fsp3) is 0. The average Bonchev–Trinajstić information content (AvgIpc) is 2.96. The number of amides is 1. The van der Waals surface area contributed by atoms with Crippen molar-refractivity contribution in [2.45, 2.75) is 0 Å². The van der Waals surface area contributed by atoms with Gasteiger partial charge in [-0.25, -0.2) is 8.78 Å². The number of benzene rings is 2. The molecule has 0 spiro atoms. The van der Waals surface area contributed by atoms with Crippen LogP contribution < -0.4 is 5.32 Å². The lowest BCUT2D eigenvalue weighted by Gasteiger charge is -2.03. The summed E-state index contributed by atoms with van der Waals surface area (Å²) in [7, 11) is 0. The zero-order chi connectivity index (χ0) is 15.5. The first-order chi connectivity index (χ1) is 10.6. The van der Waals surface area contributed by atoms with Crippen LogP contribution in [0.5, 0.6) is 0 Å². The quantitative estimate of drug-likeness (QED) is 0.806. The van der Waals surface area contributed by atoms with E-state index in [-0.39, 0.29) is 11.9 Å². The van der Waals surface area contributed by atoms with E-state index in [1.165, 1.54) is 6.07 Å². The van der Waals surface area contributed by atoms with Crippen LogP contribution in [0, 0.1) is 11.6 Å². The maximum absolute atomic E-state index is 13.5. The molecule has 1 amide bonds. The van der Waals surface area contributed by atoms with E-state index >= 15 is 0 Å². The minimum absolute atomic E-state index is 0.185. The van der Waals surface area contributed by atoms with Crippen molar-refractivity contribution in [1.82, 2.24) is 10.2 Å². The smallest absolute Gasteiger partial charge is 0.322 e. The molecule has 7 heteroatoms. The molecule has 2 aromatic carbocycles. The highest BCUT2D eigenvalue weighted by atomic mass is 19.1. The van der Waals surface area contributed by atoms with Gasteiger partial charge >= 0.3 is 6.01 Å². The second-order valence-corrected chi connectivity index (χ2v) is 4.33. The summed E-state index contributed by atoms with van der Waals surface area (Å²) in [5.41, 5.74) is -0.0467. The normalized spacial score (nSPS) is 10.5. The van der Waals surface area contributed by atoms with Crippen molar-refractivity contribution in [3.05, 3.63) is 65.7 Å². The van der Waals surface area contributed by atoms with Gasteiger partial charge in [0.05, 0.1) is 0 Å². The molecule has 0 unspecified atom stereocenters. The number of rotatable bonds is 3. The Morgan fingerprint density at radius 1 is 0.955 bits per heavy atom. The van der Waals surface area contributed by atoms with Gasteiger partial charge in [-0.05, 0) is 24.3 Å². The van der Waals surface area contributed by atoms with Crippen molar-refractivity contribution in [3.63, 3.8) is 0 Å². The van der Waals surface area contributed by atoms with E-state index in [2.05, 4.69) is 15.5 Å². The summed E-state index contributed by atoms with van der Waals surface area (Å²) in [6.45, 7) is 0. The van der Waals surface area contributed by atoms with Gasteiger partial charge in [-0.15, -0.1) is 5.10 Å². The Hall–Kier alpha value is -3.09. The molecule has 0 aliphatic carbocycles. The third-order valence-electron chi connectivity index (χ3n) is 2.86. The SMILES string of the molecule is O=C(Nc1nnc(-c2ccccc2)o1)c1c(F)cccc1F. The molecule has 1 N–H and O–H groups in total. The Balaban J connectivity index is 1.82. The van der Waals surface area contributed by atoms with Crippen LogP contribution in [0.25, 0.3) is 11.5 Å². The minimum atomic E-state index is -1.00. The number of carbonyl (C=O) groups is 1. The zero-order valence-corrected chi connectivity index (χ0v) is 11.1. The van der Waals surface area contributed by atoms with Gasteiger partial charge in [0.25, 0.3) is 5.91 Å². The number of hydrogen-bond acceptors (Lipinski definition) is 4. The Morgan fingerprint density at radius 2 is 1.64 bits per heavy atom. The molecule has 0 fully saturated rings. The maximum Gasteiger partial charge on any atom is 0.322 e. The number of halogens is 2. The van der Waals surface area contributed by atoms with Gasteiger partial charge in [0.15, 0.2) is 0 Å². The van der Waals surface area contributed by atoms with E-state index in [1.54, 1.807) is 24.3 Å². The largest absolute Gasteiger partial charge is 0.403 e. The van der Waals surface area contributed by atoms with E-state index < -0.39 is 23.1 Å². The van der Waals surface area contributed by atoms with Crippen molar-refractivity contribution >= 4 is 11.9 Å². The molecule has 1 heterocycles. The first-order valence-corrected chi connectivity index (χ1v) is 6.29. The van der Waals surface area contributed by atoms with Crippen LogP contribution in [0.15, 0.2) is 52.9 Å². The van der Waals surface area contributed by atoms with Gasteiger partial charge < -0.3 is 4.42 Å². The summed E-state index contributed by atoms with van der Waals surface area (Å²) in [4.78, 5) is 11.9. The molecule has 22 heavy (non-hydrogen) atoms. The summed E-state index contributed by atoms with van der Waals surface area (Å²) in [5.74, 6) is -2.76. The molecule has 110 valence electrons. The van der Waals surface area contributed by atoms with E-state index in [9.17, 15) is 13.6 Å². The predicted molar refractivity (Wildman–Crippen MR) is 74.0 cm³/mol. The Bertz CT molecular complexity index is 798. The topological polar surface area (TPSA) is 68.0 Å². The van der Waals surface area contributed by atoms with Crippen LogP contribution in [0.1, 0.15) is 10.4 Å². The standard InChI is InChI=1S/C15H9F2N3O2/c16-10-7-4-8-11(17)12(10)13(21)18-15-20-19-14(22-15)9-5-2-1-3-6-9/h1-8H,(H,18,20,21). The molecule has 0 radical (unpaired) electrons. The van der Waals surface area contributed by atoms with Gasteiger partial charge in [-0.1, -0.05) is 29.4 Å². The summed E-state index contributed by atoms with van der Waals surface area (Å²) in [6, 6.07) is 11.8. The predicted octanol–water partition coefficient (Wildman–Crippen LogP) is 3.27. The maximum atomic E-state index is 13.5. The van der Waals surface area contributed by atoms with Gasteiger partial charge in [0.2, 0.25) is 5.89 Å². The number of carbonyl (C=O) groups excluding carboxylic acids is 1. The van der Waals surface area contributed by atoms with E-state index in [1.807, 2.05) is 6.07 Å². The van der Waals surface area contributed by atoms with Gasteiger partial charge in [0.1, 0.15) is 17.2 Å². The zero-order valence-electron chi connectivity index (χ0n) is 11.1. The second-order valence-electron chi connectivity index (χ2n) is 4.33. The average molecular weight is 301 g/mol. The molecule has 3 aromatic rings. The van der Waals surface area contributed by atoms with Crippen LogP contribution in [0.4, 0.5) is 14.8 Å². The van der Waals surface area contributed by atoms with Crippen LogP contribution in [-0.2, 0) is 0 Å². The van der Waals surface area contributed by atoms with Crippen molar-refractivity contribution in [2.75, 3.05) is 5.32 Å². The summed E-state index contributed by atoms with van der Waals surface area (Å²) in [5, 5.41) is 9.55. The van der Waals surface area contributed by atoms with Crippen LogP contribution in [0.2, 0.25) is 0 Å². The highest BCUT2D eigenvalue weighted by molar-refractivity contribution is 6.03. The van der Waals surface area contributed by atoms with Crippen molar-refractivity contribution < 1.29 is 18.0 Å².